The van der Waals surface area contributed by atoms with Gasteiger partial charge in [0.2, 0.25) is 0 Å². The smallest absolute Gasteiger partial charge is 0.257 e. The molecule has 0 unspecified atom stereocenters. The van der Waals surface area contributed by atoms with Crippen LogP contribution in [-0.4, -0.2) is 43.0 Å². The Kier molecular flexibility index (Phi) is 6.55. The van der Waals surface area contributed by atoms with Crippen LogP contribution in [0.15, 0.2) is 47.2 Å². The van der Waals surface area contributed by atoms with Crippen LogP contribution in [0.2, 0.25) is 0 Å². The molecule has 2 aromatic rings. The summed E-state index contributed by atoms with van der Waals surface area (Å²) in [6.07, 6.45) is 4.32. The fourth-order valence-electron chi connectivity index (χ4n) is 2.06. The van der Waals surface area contributed by atoms with Gasteiger partial charge in [0.05, 0.1) is 11.3 Å². The van der Waals surface area contributed by atoms with Crippen molar-refractivity contribution in [3.8, 4) is 0 Å². The van der Waals surface area contributed by atoms with Gasteiger partial charge in [-0.1, -0.05) is 22.0 Å². The highest BCUT2D eigenvalue weighted by Crippen LogP contribution is 2.17. The van der Waals surface area contributed by atoms with Crippen LogP contribution < -0.4 is 10.6 Å². The number of carbonyl (C=O) groups is 1. The molecule has 0 aliphatic heterocycles. The Morgan fingerprint density at radius 1 is 1.22 bits per heavy atom. The summed E-state index contributed by atoms with van der Waals surface area (Å²) in [7, 11) is 4.10. The minimum absolute atomic E-state index is 0.174. The summed E-state index contributed by atoms with van der Waals surface area (Å²) < 4.78 is 0.921. The normalized spacial score (nSPS) is 10.6. The second kappa shape index (κ2) is 8.64. The van der Waals surface area contributed by atoms with Crippen molar-refractivity contribution in [2.45, 2.75) is 6.42 Å². The molecule has 0 aliphatic rings. The molecule has 2 N–H and O–H groups in total. The third-order valence-corrected chi connectivity index (χ3v) is 3.69. The zero-order valence-corrected chi connectivity index (χ0v) is 14.9. The monoisotopic (exact) mass is 376 g/mol. The van der Waals surface area contributed by atoms with E-state index in [4.69, 9.17) is 0 Å². The molecule has 0 radical (unpaired) electrons. The van der Waals surface area contributed by atoms with Crippen LogP contribution in [0.3, 0.4) is 0 Å². The van der Waals surface area contributed by atoms with Crippen LogP contribution in [0, 0.1) is 0 Å². The maximum absolute atomic E-state index is 12.3. The molecule has 0 atom stereocenters. The summed E-state index contributed by atoms with van der Waals surface area (Å²) in [6, 6.07) is 9.31. The van der Waals surface area contributed by atoms with Gasteiger partial charge in [0.1, 0.15) is 0 Å². The summed E-state index contributed by atoms with van der Waals surface area (Å²) in [4.78, 5) is 18.6. The van der Waals surface area contributed by atoms with E-state index in [0.29, 0.717) is 5.56 Å². The van der Waals surface area contributed by atoms with Crippen LogP contribution in [-0.2, 0) is 0 Å². The summed E-state index contributed by atoms with van der Waals surface area (Å²) in [5, 5.41) is 6.16. The fourth-order valence-corrected chi connectivity index (χ4v) is 2.46. The lowest BCUT2D eigenvalue weighted by molar-refractivity contribution is 0.102. The van der Waals surface area contributed by atoms with E-state index in [9.17, 15) is 4.79 Å². The number of hydrogen-bond donors (Lipinski definition) is 2. The predicted octanol–water partition coefficient (Wildman–Crippen LogP) is 3.46. The van der Waals surface area contributed by atoms with E-state index in [2.05, 4.69) is 50.5 Å². The van der Waals surface area contributed by atoms with Crippen molar-refractivity contribution in [3.05, 3.63) is 52.8 Å². The highest BCUT2D eigenvalue weighted by atomic mass is 79.9. The Morgan fingerprint density at radius 3 is 2.78 bits per heavy atom. The first-order valence-electron chi connectivity index (χ1n) is 7.45. The third kappa shape index (κ3) is 6.00. The van der Waals surface area contributed by atoms with E-state index in [1.165, 1.54) is 0 Å². The summed E-state index contributed by atoms with van der Waals surface area (Å²) >= 11 is 3.39. The van der Waals surface area contributed by atoms with Crippen molar-refractivity contribution in [3.63, 3.8) is 0 Å². The Bertz CT molecular complexity index is 661. The van der Waals surface area contributed by atoms with E-state index in [-0.39, 0.29) is 5.91 Å². The van der Waals surface area contributed by atoms with Crippen LogP contribution >= 0.6 is 15.9 Å². The standard InChI is InChI=1S/C17H21BrN4O/c1-22(2)8-4-7-20-16-9-13(11-19-12-16)17(23)21-15-6-3-5-14(18)10-15/h3,5-6,9-12,20H,4,7-8H2,1-2H3,(H,21,23). The molecule has 1 aromatic heterocycles. The van der Waals surface area contributed by atoms with E-state index in [1.807, 2.05) is 30.3 Å². The molecule has 23 heavy (non-hydrogen) atoms. The second-order valence-electron chi connectivity index (χ2n) is 5.51. The van der Waals surface area contributed by atoms with E-state index in [0.717, 1.165) is 35.4 Å². The van der Waals surface area contributed by atoms with E-state index < -0.39 is 0 Å². The van der Waals surface area contributed by atoms with Crippen molar-refractivity contribution in [2.24, 2.45) is 0 Å². The molecule has 0 saturated carbocycles. The molecule has 0 saturated heterocycles. The van der Waals surface area contributed by atoms with Crippen LogP contribution in [0.25, 0.3) is 0 Å². The second-order valence-corrected chi connectivity index (χ2v) is 6.43. The molecule has 6 heteroatoms. The first-order chi connectivity index (χ1) is 11.0. The summed E-state index contributed by atoms with van der Waals surface area (Å²) in [5.41, 5.74) is 2.13. The molecule has 0 bridgehead atoms. The van der Waals surface area contributed by atoms with Crippen molar-refractivity contribution in [1.82, 2.24) is 9.88 Å². The Hall–Kier alpha value is -1.92. The SMILES string of the molecule is CN(C)CCCNc1cncc(C(=O)Nc2cccc(Br)c2)c1. The zero-order chi connectivity index (χ0) is 16.7. The van der Waals surface area contributed by atoms with Gasteiger partial charge < -0.3 is 15.5 Å². The number of carbonyl (C=O) groups excluding carboxylic acids is 1. The van der Waals surface area contributed by atoms with Crippen molar-refractivity contribution in [2.75, 3.05) is 37.8 Å². The fraction of sp³-hybridized carbons (Fsp3) is 0.294. The highest BCUT2D eigenvalue weighted by Gasteiger charge is 2.07. The van der Waals surface area contributed by atoms with Crippen molar-refractivity contribution in [1.29, 1.82) is 0 Å². The van der Waals surface area contributed by atoms with Gasteiger partial charge in [-0.3, -0.25) is 9.78 Å². The molecule has 2 rings (SSSR count). The molecule has 122 valence electrons. The number of nitrogens with zero attached hydrogens (tertiary/aromatic N) is 2. The average molecular weight is 377 g/mol. The van der Waals surface area contributed by atoms with E-state index in [1.54, 1.807) is 12.4 Å². The lowest BCUT2D eigenvalue weighted by Crippen LogP contribution is -2.17. The lowest BCUT2D eigenvalue weighted by Gasteiger charge is -2.11. The van der Waals surface area contributed by atoms with Crippen molar-refractivity contribution >= 4 is 33.2 Å². The van der Waals surface area contributed by atoms with Gasteiger partial charge in [-0.15, -0.1) is 0 Å². The van der Waals surface area contributed by atoms with Gasteiger partial charge in [-0.25, -0.2) is 0 Å². The number of anilines is 2. The molecular weight excluding hydrogens is 356 g/mol. The van der Waals surface area contributed by atoms with Gasteiger partial charge in [-0.05, 0) is 51.3 Å². The molecule has 1 amide bonds. The van der Waals surface area contributed by atoms with Crippen LogP contribution in [0.4, 0.5) is 11.4 Å². The quantitative estimate of drug-likeness (QED) is 0.726. The molecule has 0 spiro atoms. The van der Waals surface area contributed by atoms with Gasteiger partial charge in [0.15, 0.2) is 0 Å². The lowest BCUT2D eigenvalue weighted by atomic mass is 10.2. The Balaban J connectivity index is 1.94. The Morgan fingerprint density at radius 2 is 2.04 bits per heavy atom. The number of rotatable bonds is 7. The first kappa shape index (κ1) is 17.4. The maximum Gasteiger partial charge on any atom is 0.257 e. The highest BCUT2D eigenvalue weighted by molar-refractivity contribution is 9.10. The average Bonchev–Trinajstić information content (AvgIpc) is 2.52. The maximum atomic E-state index is 12.3. The topological polar surface area (TPSA) is 57.3 Å². The molecule has 0 aliphatic carbocycles. The van der Waals surface area contributed by atoms with Crippen LogP contribution in [0.1, 0.15) is 16.8 Å². The molecule has 1 heterocycles. The number of halogens is 1. The number of pyridine rings is 1. The largest absolute Gasteiger partial charge is 0.384 e. The molecule has 1 aromatic carbocycles. The minimum Gasteiger partial charge on any atom is -0.384 e. The van der Waals surface area contributed by atoms with Gasteiger partial charge >= 0.3 is 0 Å². The zero-order valence-electron chi connectivity index (χ0n) is 13.3. The van der Waals surface area contributed by atoms with Crippen molar-refractivity contribution < 1.29 is 4.79 Å². The predicted molar refractivity (Wildman–Crippen MR) is 98.0 cm³/mol. The molecule has 0 fully saturated rings. The Labute approximate surface area is 145 Å². The third-order valence-electron chi connectivity index (χ3n) is 3.19. The minimum atomic E-state index is -0.174. The number of nitrogens with one attached hydrogen (secondary N) is 2. The van der Waals surface area contributed by atoms with Gasteiger partial charge in [0.25, 0.3) is 5.91 Å². The molecule has 5 nitrogen and oxygen atoms in total. The van der Waals surface area contributed by atoms with E-state index >= 15 is 0 Å². The molecular formula is C17H21BrN4O. The van der Waals surface area contributed by atoms with Crippen LogP contribution in [0.5, 0.6) is 0 Å². The van der Waals surface area contributed by atoms with Gasteiger partial charge in [0, 0.05) is 29.1 Å². The number of amides is 1. The van der Waals surface area contributed by atoms with Gasteiger partial charge in [-0.2, -0.15) is 0 Å². The first-order valence-corrected chi connectivity index (χ1v) is 8.24. The number of hydrogen-bond acceptors (Lipinski definition) is 4. The number of benzene rings is 1. The summed E-state index contributed by atoms with van der Waals surface area (Å²) in [5.74, 6) is -0.174. The summed E-state index contributed by atoms with van der Waals surface area (Å²) in [6.45, 7) is 1.86. The number of aromatic nitrogens is 1.